The Morgan fingerprint density at radius 3 is 2.46 bits per heavy atom. The predicted octanol–water partition coefficient (Wildman–Crippen LogP) is 7.74. The number of fused-ring (bicyclic) bond motifs is 5. The van der Waals surface area contributed by atoms with E-state index >= 15 is 0 Å². The van der Waals surface area contributed by atoms with E-state index in [9.17, 15) is 4.79 Å². The molecule has 39 heavy (non-hydrogen) atoms. The van der Waals surface area contributed by atoms with Crippen molar-refractivity contribution in [3.8, 4) is 0 Å². The van der Waals surface area contributed by atoms with E-state index in [0.29, 0.717) is 24.2 Å². The van der Waals surface area contributed by atoms with Crippen LogP contribution in [0.5, 0.6) is 0 Å². The number of rotatable bonds is 7. The lowest BCUT2D eigenvalue weighted by molar-refractivity contribution is -0.144. The molecule has 8 atom stereocenters. The van der Waals surface area contributed by atoms with Crippen molar-refractivity contribution >= 4 is 17.9 Å². The first kappa shape index (κ1) is 29.5. The summed E-state index contributed by atoms with van der Waals surface area (Å²) in [4.78, 5) is 13.7. The van der Waals surface area contributed by atoms with Crippen LogP contribution in [0, 0.1) is 35.0 Å². The third-order valence-electron chi connectivity index (χ3n) is 12.3. The molecule has 0 bridgehead atoms. The van der Waals surface area contributed by atoms with Crippen LogP contribution in [-0.2, 0) is 10.2 Å². The topological polar surface area (TPSA) is 81.1 Å². The molecule has 0 saturated heterocycles. The summed E-state index contributed by atoms with van der Waals surface area (Å²) in [5.41, 5.74) is 16.5. The molecule has 0 radical (unpaired) electrons. The number of nitrogens with one attached hydrogen (secondary N) is 1. The Kier molecular flexibility index (Phi) is 8.30. The summed E-state index contributed by atoms with van der Waals surface area (Å²) in [6.45, 7) is 11.5. The van der Waals surface area contributed by atoms with Crippen LogP contribution in [0.1, 0.15) is 124 Å². The van der Waals surface area contributed by atoms with Gasteiger partial charge in [-0.3, -0.25) is 9.52 Å². The van der Waals surface area contributed by atoms with E-state index in [4.69, 9.17) is 11.5 Å². The van der Waals surface area contributed by atoms with Crippen molar-refractivity contribution in [3.05, 3.63) is 29.8 Å². The van der Waals surface area contributed by atoms with Gasteiger partial charge in [-0.2, -0.15) is 0 Å². The summed E-state index contributed by atoms with van der Waals surface area (Å²) >= 11 is 1.44. The summed E-state index contributed by atoms with van der Waals surface area (Å²) in [5.74, 6) is 3.37. The Labute approximate surface area is 242 Å². The zero-order valence-corrected chi connectivity index (χ0v) is 26.2. The number of carbonyl (C=O) groups excluding carboxylic acids is 1. The molecule has 1 aromatic carbocycles. The van der Waals surface area contributed by atoms with Gasteiger partial charge in [-0.15, -0.1) is 0 Å². The quantitative estimate of drug-likeness (QED) is 0.302. The van der Waals surface area contributed by atoms with Crippen molar-refractivity contribution in [2.24, 2.45) is 46.5 Å². The highest BCUT2D eigenvalue weighted by Crippen LogP contribution is 2.67. The van der Waals surface area contributed by atoms with Gasteiger partial charge in [0.15, 0.2) is 0 Å². The molecule has 4 saturated carbocycles. The van der Waals surface area contributed by atoms with Crippen LogP contribution in [-0.4, -0.2) is 17.0 Å². The molecule has 4 aliphatic rings. The second kappa shape index (κ2) is 11.0. The minimum atomic E-state index is -0.0517. The highest BCUT2D eigenvalue weighted by Gasteiger charge is 2.67. The van der Waals surface area contributed by atoms with Gasteiger partial charge in [-0.25, -0.2) is 0 Å². The molecule has 0 aromatic heterocycles. The molecular formula is C34H55N3OS. The van der Waals surface area contributed by atoms with E-state index in [1.54, 1.807) is 0 Å². The molecule has 5 N–H and O–H groups in total. The summed E-state index contributed by atoms with van der Waals surface area (Å²) in [6.07, 6.45) is 15.2. The molecule has 4 aliphatic carbocycles. The first-order chi connectivity index (χ1) is 18.4. The minimum Gasteiger partial charge on any atom is -0.325 e. The van der Waals surface area contributed by atoms with Crippen molar-refractivity contribution in [1.29, 1.82) is 0 Å². The average Bonchev–Trinajstić information content (AvgIpc) is 3.31. The average molecular weight is 554 g/mol. The molecule has 1 amide bonds. The monoisotopic (exact) mass is 553 g/mol. The van der Waals surface area contributed by atoms with E-state index < -0.39 is 0 Å². The van der Waals surface area contributed by atoms with Crippen LogP contribution in [0.25, 0.3) is 0 Å². The van der Waals surface area contributed by atoms with Gasteiger partial charge in [0, 0.05) is 22.4 Å². The fourth-order valence-corrected chi connectivity index (χ4v) is 10.7. The van der Waals surface area contributed by atoms with Crippen LogP contribution in [0.2, 0.25) is 0 Å². The second-order valence-corrected chi connectivity index (χ2v) is 16.0. The van der Waals surface area contributed by atoms with Gasteiger partial charge in [0.05, 0.1) is 0 Å². The number of amides is 1. The van der Waals surface area contributed by atoms with Crippen molar-refractivity contribution < 1.29 is 4.79 Å². The van der Waals surface area contributed by atoms with Crippen molar-refractivity contribution in [1.82, 2.24) is 4.72 Å². The highest BCUT2D eigenvalue weighted by molar-refractivity contribution is 7.98. The van der Waals surface area contributed by atoms with Gasteiger partial charge in [0.1, 0.15) is 0 Å². The largest absolute Gasteiger partial charge is 0.325 e. The van der Waals surface area contributed by atoms with Gasteiger partial charge in [-0.1, -0.05) is 66.0 Å². The van der Waals surface area contributed by atoms with Crippen LogP contribution in [0.4, 0.5) is 0 Å². The van der Waals surface area contributed by atoms with Crippen molar-refractivity contribution in [2.75, 3.05) is 0 Å². The number of carbonyl (C=O) groups is 1. The maximum atomic E-state index is 12.6. The van der Waals surface area contributed by atoms with Crippen LogP contribution in [0.15, 0.2) is 29.2 Å². The summed E-state index contributed by atoms with van der Waals surface area (Å²) < 4.78 is 3.07. The van der Waals surface area contributed by atoms with E-state index in [2.05, 4.69) is 63.6 Å². The lowest BCUT2D eigenvalue weighted by atomic mass is 9.39. The Morgan fingerprint density at radius 1 is 1.05 bits per heavy atom. The Morgan fingerprint density at radius 2 is 1.77 bits per heavy atom. The van der Waals surface area contributed by atoms with Crippen molar-refractivity contribution in [3.63, 3.8) is 0 Å². The Balaban J connectivity index is 1.15. The standard InChI is InChI=1S/C34H55N3OS/c1-6-24-22-33(35)28-18-12-23(27(28)17-19-29(33)32(5)20-7-8-21-34(24,32)36)10-9-11-30(38)37-39-26-15-13-25(14-16-26)31(2,3)4/h13-16,23-24,27-29H,6-12,17-22,35-36H2,1-5H3,(H,37,38)/t23-,24-,27?,28?,29+,32+,33+,34+/m0/s1. The van der Waals surface area contributed by atoms with Gasteiger partial charge >= 0.3 is 0 Å². The van der Waals surface area contributed by atoms with Crippen LogP contribution in [0.3, 0.4) is 0 Å². The maximum Gasteiger partial charge on any atom is 0.230 e. The molecule has 0 aliphatic heterocycles. The third kappa shape index (κ3) is 5.23. The normalized spacial score (nSPS) is 39.9. The van der Waals surface area contributed by atoms with Gasteiger partial charge < -0.3 is 11.5 Å². The van der Waals surface area contributed by atoms with Crippen LogP contribution < -0.4 is 16.2 Å². The summed E-state index contributed by atoms with van der Waals surface area (Å²) in [6, 6.07) is 8.56. The lowest BCUT2D eigenvalue weighted by Crippen LogP contribution is -2.76. The zero-order chi connectivity index (χ0) is 28.1. The fraction of sp³-hybridized carbons (Fsp3) is 0.794. The van der Waals surface area contributed by atoms with Crippen LogP contribution >= 0.6 is 11.9 Å². The number of benzene rings is 1. The summed E-state index contributed by atoms with van der Waals surface area (Å²) in [7, 11) is 0. The molecule has 2 unspecified atom stereocenters. The van der Waals surface area contributed by atoms with E-state index in [1.807, 2.05) is 0 Å². The second-order valence-electron chi connectivity index (χ2n) is 15.1. The summed E-state index contributed by atoms with van der Waals surface area (Å²) in [5, 5.41) is 0. The first-order valence-electron chi connectivity index (χ1n) is 16.1. The van der Waals surface area contributed by atoms with E-state index in [-0.39, 0.29) is 27.8 Å². The number of hydrogen-bond acceptors (Lipinski definition) is 4. The minimum absolute atomic E-state index is 0.0294. The van der Waals surface area contributed by atoms with Gasteiger partial charge in [0.2, 0.25) is 5.91 Å². The van der Waals surface area contributed by atoms with E-state index in [1.165, 1.54) is 68.9 Å². The zero-order valence-electron chi connectivity index (χ0n) is 25.4. The molecule has 0 heterocycles. The molecule has 5 heteroatoms. The molecule has 1 aromatic rings. The first-order valence-corrected chi connectivity index (χ1v) is 16.9. The van der Waals surface area contributed by atoms with Gasteiger partial charge in [0.25, 0.3) is 0 Å². The molecule has 0 spiro atoms. The third-order valence-corrected chi connectivity index (χ3v) is 13.1. The SMILES string of the molecule is CC[C@H]1C[C@@]2(N)C3CC[C@H](CCCC(=O)NSc4ccc(C(C)(C)C)cc4)C3CC[C@@H]2[C@@]2(C)CCCC[C@@]12N. The highest BCUT2D eigenvalue weighted by atomic mass is 32.2. The molecule has 4 fully saturated rings. The predicted molar refractivity (Wildman–Crippen MR) is 164 cm³/mol. The van der Waals surface area contributed by atoms with Gasteiger partial charge in [-0.05, 0) is 128 Å². The molecule has 5 rings (SSSR count). The smallest absolute Gasteiger partial charge is 0.230 e. The Bertz CT molecular complexity index is 1020. The molecular weight excluding hydrogens is 498 g/mol. The Hall–Kier alpha value is -1.04. The lowest BCUT2D eigenvalue weighted by Gasteiger charge is -2.69. The number of hydrogen-bond donors (Lipinski definition) is 3. The number of nitrogens with two attached hydrogens (primary N) is 2. The maximum absolute atomic E-state index is 12.6. The molecule has 218 valence electrons. The fourth-order valence-electron chi connectivity index (χ4n) is 10.1. The molecule has 4 nitrogen and oxygen atoms in total. The van der Waals surface area contributed by atoms with Crippen molar-refractivity contribution in [2.45, 2.75) is 139 Å². The van der Waals surface area contributed by atoms with E-state index in [0.717, 1.165) is 42.4 Å².